The third-order valence-electron chi connectivity index (χ3n) is 2.85. The topological polar surface area (TPSA) is 17.1 Å². The second kappa shape index (κ2) is 6.85. The number of hydrogen-bond acceptors (Lipinski definition) is 2. The Bertz CT molecular complexity index is 339. The van der Waals surface area contributed by atoms with Crippen molar-refractivity contribution in [3.8, 4) is 0 Å². The molecule has 0 aliphatic heterocycles. The predicted molar refractivity (Wildman–Crippen MR) is 71.5 cm³/mol. The Kier molecular flexibility index (Phi) is 5.75. The van der Waals surface area contributed by atoms with Crippen molar-refractivity contribution in [3.63, 3.8) is 0 Å². The van der Waals surface area contributed by atoms with Crippen LogP contribution < -0.4 is 0 Å². The molecular weight excluding hydrogens is 216 g/mol. The highest BCUT2D eigenvalue weighted by Crippen LogP contribution is 2.22. The van der Waals surface area contributed by atoms with Gasteiger partial charge in [-0.15, -0.1) is 11.3 Å². The summed E-state index contributed by atoms with van der Waals surface area (Å²) >= 11 is 1.72. The first-order chi connectivity index (χ1) is 7.65. The number of hydrogen-bond donors (Lipinski definition) is 0. The molecule has 1 heterocycles. The molecule has 0 radical (unpaired) electrons. The highest BCUT2D eigenvalue weighted by atomic mass is 32.1. The number of thiophene rings is 1. The minimum Gasteiger partial charge on any atom is -0.294 e. The van der Waals surface area contributed by atoms with Gasteiger partial charge in [-0.3, -0.25) is 4.79 Å². The maximum atomic E-state index is 11.9. The van der Waals surface area contributed by atoms with Crippen LogP contribution in [0.1, 0.15) is 65.6 Å². The van der Waals surface area contributed by atoms with Gasteiger partial charge in [-0.25, -0.2) is 0 Å². The summed E-state index contributed by atoms with van der Waals surface area (Å²) in [4.78, 5) is 14.3. The first-order valence-corrected chi connectivity index (χ1v) is 7.07. The molecule has 0 amide bonds. The lowest BCUT2D eigenvalue weighted by Gasteiger charge is -2.00. The van der Waals surface area contributed by atoms with Crippen molar-refractivity contribution in [2.24, 2.45) is 0 Å². The Morgan fingerprint density at radius 2 is 1.88 bits per heavy atom. The largest absolute Gasteiger partial charge is 0.294 e. The van der Waals surface area contributed by atoms with E-state index in [1.807, 2.05) is 13.0 Å². The first kappa shape index (κ1) is 13.4. The average Bonchev–Trinajstić information content (AvgIpc) is 2.57. The fourth-order valence-electron chi connectivity index (χ4n) is 1.93. The van der Waals surface area contributed by atoms with Crippen LogP contribution in [0, 0.1) is 13.8 Å². The molecule has 0 unspecified atom stereocenters. The summed E-state index contributed by atoms with van der Waals surface area (Å²) in [7, 11) is 0. The molecule has 90 valence electrons. The van der Waals surface area contributed by atoms with Crippen LogP contribution in [0.2, 0.25) is 0 Å². The molecule has 0 fully saturated rings. The molecule has 0 saturated carbocycles. The zero-order valence-corrected chi connectivity index (χ0v) is 11.5. The maximum absolute atomic E-state index is 11.9. The van der Waals surface area contributed by atoms with E-state index in [1.165, 1.54) is 35.4 Å². The Morgan fingerprint density at radius 3 is 2.44 bits per heavy atom. The maximum Gasteiger partial charge on any atom is 0.163 e. The highest BCUT2D eigenvalue weighted by Gasteiger charge is 2.11. The fraction of sp³-hybridized carbons (Fsp3) is 0.643. The van der Waals surface area contributed by atoms with Gasteiger partial charge in [0.1, 0.15) is 0 Å². The number of carbonyl (C=O) groups excluding carboxylic acids is 1. The molecule has 0 bridgehead atoms. The van der Waals surface area contributed by atoms with Crippen molar-refractivity contribution in [3.05, 3.63) is 21.4 Å². The molecule has 16 heavy (non-hydrogen) atoms. The Labute approximate surface area is 103 Å². The molecule has 1 nitrogen and oxygen atoms in total. The molecule has 0 N–H and O–H groups in total. The van der Waals surface area contributed by atoms with Gasteiger partial charge >= 0.3 is 0 Å². The number of unbranched alkanes of at least 4 members (excludes halogenated alkanes) is 4. The van der Waals surface area contributed by atoms with E-state index in [1.54, 1.807) is 11.3 Å². The number of Topliss-reactive ketones (excluding diaryl/α,β-unsaturated/α-hetero) is 1. The van der Waals surface area contributed by atoms with Crippen LogP contribution in [0.5, 0.6) is 0 Å². The summed E-state index contributed by atoms with van der Waals surface area (Å²) in [6.45, 7) is 6.32. The lowest BCUT2D eigenvalue weighted by molar-refractivity contribution is 0.0979. The molecule has 1 rings (SSSR count). The molecule has 1 aromatic rings. The van der Waals surface area contributed by atoms with Crippen molar-refractivity contribution in [2.75, 3.05) is 0 Å². The van der Waals surface area contributed by atoms with Gasteiger partial charge in [0, 0.05) is 21.7 Å². The molecule has 0 aromatic carbocycles. The van der Waals surface area contributed by atoms with Gasteiger partial charge in [-0.05, 0) is 26.3 Å². The summed E-state index contributed by atoms with van der Waals surface area (Å²) in [5.41, 5.74) is 0.956. The van der Waals surface area contributed by atoms with E-state index in [9.17, 15) is 4.79 Å². The van der Waals surface area contributed by atoms with E-state index in [0.717, 1.165) is 18.4 Å². The van der Waals surface area contributed by atoms with Gasteiger partial charge < -0.3 is 0 Å². The predicted octanol–water partition coefficient (Wildman–Crippen LogP) is 4.91. The summed E-state index contributed by atoms with van der Waals surface area (Å²) in [6, 6.07) is 2.04. The second-order valence-electron chi connectivity index (χ2n) is 4.41. The van der Waals surface area contributed by atoms with Gasteiger partial charge in [0.05, 0.1) is 0 Å². The van der Waals surface area contributed by atoms with E-state index >= 15 is 0 Å². The first-order valence-electron chi connectivity index (χ1n) is 6.25. The molecular formula is C14H22OS. The molecule has 0 spiro atoms. The minimum absolute atomic E-state index is 0.332. The van der Waals surface area contributed by atoms with E-state index in [4.69, 9.17) is 0 Å². The number of ketones is 1. The van der Waals surface area contributed by atoms with Crippen molar-refractivity contribution in [1.29, 1.82) is 0 Å². The van der Waals surface area contributed by atoms with Crippen molar-refractivity contribution >= 4 is 17.1 Å². The molecule has 0 aliphatic rings. The smallest absolute Gasteiger partial charge is 0.163 e. The summed E-state index contributed by atoms with van der Waals surface area (Å²) in [5.74, 6) is 0.332. The fourth-order valence-corrected chi connectivity index (χ4v) is 2.87. The molecule has 0 aliphatic carbocycles. The van der Waals surface area contributed by atoms with Gasteiger partial charge in [-0.1, -0.05) is 32.6 Å². The molecule has 0 atom stereocenters. The SMILES string of the molecule is CCCCCCCC(=O)c1cc(C)sc1C. The highest BCUT2D eigenvalue weighted by molar-refractivity contribution is 7.12. The molecule has 0 saturated heterocycles. The van der Waals surface area contributed by atoms with Crippen molar-refractivity contribution in [2.45, 2.75) is 59.3 Å². The molecule has 2 heteroatoms. The van der Waals surface area contributed by atoms with Crippen LogP contribution in [0.4, 0.5) is 0 Å². The van der Waals surface area contributed by atoms with Gasteiger partial charge in [-0.2, -0.15) is 0 Å². The molecule has 1 aromatic heterocycles. The standard InChI is InChI=1S/C14H22OS/c1-4-5-6-7-8-9-14(15)13-10-11(2)16-12(13)3/h10H,4-9H2,1-3H3. The summed E-state index contributed by atoms with van der Waals surface area (Å²) < 4.78 is 0. The normalized spacial score (nSPS) is 10.7. The Morgan fingerprint density at radius 1 is 1.19 bits per heavy atom. The monoisotopic (exact) mass is 238 g/mol. The summed E-state index contributed by atoms with van der Waals surface area (Å²) in [6.07, 6.45) is 6.79. The van der Waals surface area contributed by atoms with E-state index < -0.39 is 0 Å². The lowest BCUT2D eigenvalue weighted by atomic mass is 10.0. The van der Waals surface area contributed by atoms with Crippen LogP contribution >= 0.6 is 11.3 Å². The third-order valence-corrected chi connectivity index (χ3v) is 3.81. The van der Waals surface area contributed by atoms with Crippen LogP contribution in [0.15, 0.2) is 6.07 Å². The number of rotatable bonds is 7. The zero-order valence-electron chi connectivity index (χ0n) is 10.6. The Balaban J connectivity index is 2.33. The number of aryl methyl sites for hydroxylation is 2. The van der Waals surface area contributed by atoms with Gasteiger partial charge in [0.2, 0.25) is 0 Å². The Hall–Kier alpha value is -0.630. The van der Waals surface area contributed by atoms with Crippen molar-refractivity contribution in [1.82, 2.24) is 0 Å². The van der Waals surface area contributed by atoms with Gasteiger partial charge in [0.15, 0.2) is 5.78 Å². The lowest BCUT2D eigenvalue weighted by Crippen LogP contribution is -1.98. The zero-order chi connectivity index (χ0) is 12.0. The quantitative estimate of drug-likeness (QED) is 0.487. The van der Waals surface area contributed by atoms with Crippen LogP contribution in [-0.4, -0.2) is 5.78 Å². The van der Waals surface area contributed by atoms with E-state index in [-0.39, 0.29) is 0 Å². The minimum atomic E-state index is 0.332. The number of carbonyl (C=O) groups is 1. The van der Waals surface area contributed by atoms with Crippen LogP contribution in [0.3, 0.4) is 0 Å². The van der Waals surface area contributed by atoms with Crippen LogP contribution in [0.25, 0.3) is 0 Å². The average molecular weight is 238 g/mol. The van der Waals surface area contributed by atoms with E-state index in [2.05, 4.69) is 13.8 Å². The second-order valence-corrected chi connectivity index (χ2v) is 5.87. The van der Waals surface area contributed by atoms with Crippen LogP contribution in [-0.2, 0) is 0 Å². The summed E-state index contributed by atoms with van der Waals surface area (Å²) in [5, 5.41) is 0. The van der Waals surface area contributed by atoms with E-state index in [0.29, 0.717) is 5.78 Å². The van der Waals surface area contributed by atoms with Crippen molar-refractivity contribution < 1.29 is 4.79 Å². The van der Waals surface area contributed by atoms with Gasteiger partial charge in [0.25, 0.3) is 0 Å². The third kappa shape index (κ3) is 4.09.